The van der Waals surface area contributed by atoms with E-state index in [9.17, 15) is 27.6 Å². The van der Waals surface area contributed by atoms with Crippen LogP contribution in [0.1, 0.15) is 36.1 Å². The average Bonchev–Trinajstić information content (AvgIpc) is 3.54. The van der Waals surface area contributed by atoms with Gasteiger partial charge in [0.15, 0.2) is 5.76 Å². The van der Waals surface area contributed by atoms with Crippen molar-refractivity contribution in [3.8, 4) is 0 Å². The second-order valence-corrected chi connectivity index (χ2v) is 8.10. The topological polar surface area (TPSA) is 100 Å². The summed E-state index contributed by atoms with van der Waals surface area (Å²) < 4.78 is 46.0. The quantitative estimate of drug-likeness (QED) is 0.298. The van der Waals surface area contributed by atoms with Crippen molar-refractivity contribution in [2.45, 2.75) is 6.18 Å². The summed E-state index contributed by atoms with van der Waals surface area (Å²) in [7, 11) is 0. The van der Waals surface area contributed by atoms with E-state index in [2.05, 4.69) is 16.0 Å². The summed E-state index contributed by atoms with van der Waals surface area (Å²) in [5.41, 5.74) is -1.42. The Hall–Kier alpha value is -4.38. The smallest absolute Gasteiger partial charge is 0.418 e. The van der Waals surface area contributed by atoms with Gasteiger partial charge in [-0.1, -0.05) is 12.1 Å². The molecular weight excluding hydrogens is 483 g/mol. The number of hydrogen-bond acceptors (Lipinski definition) is 5. The van der Waals surface area contributed by atoms with Gasteiger partial charge in [-0.15, -0.1) is 11.3 Å². The Morgan fingerprint density at radius 1 is 0.771 bits per heavy atom. The summed E-state index contributed by atoms with van der Waals surface area (Å²) in [4.78, 5) is 37.5. The Morgan fingerprint density at radius 3 is 2.23 bits per heavy atom. The molecular formula is C24H16F3N3O4S. The zero-order valence-electron chi connectivity index (χ0n) is 17.7. The molecule has 2 aromatic heterocycles. The summed E-state index contributed by atoms with van der Waals surface area (Å²) in [5.74, 6) is -1.97. The molecule has 7 nitrogen and oxygen atoms in total. The molecule has 3 N–H and O–H groups in total. The van der Waals surface area contributed by atoms with Crippen LogP contribution in [-0.2, 0) is 6.18 Å². The van der Waals surface area contributed by atoms with Gasteiger partial charge in [-0.05, 0) is 60.0 Å². The molecule has 2 heterocycles. The number of hydrogen-bond donors (Lipinski definition) is 3. The minimum atomic E-state index is -4.81. The predicted molar refractivity (Wildman–Crippen MR) is 125 cm³/mol. The Bertz CT molecular complexity index is 1370. The maximum atomic E-state index is 13.7. The summed E-state index contributed by atoms with van der Waals surface area (Å²) in [6.07, 6.45) is -3.55. The number of benzene rings is 2. The molecule has 35 heavy (non-hydrogen) atoms. The lowest BCUT2D eigenvalue weighted by Crippen LogP contribution is -2.18. The molecule has 0 spiro atoms. The van der Waals surface area contributed by atoms with E-state index < -0.39 is 29.2 Å². The minimum absolute atomic E-state index is 0.0392. The number of carbonyl (C=O) groups excluding carboxylic acids is 3. The summed E-state index contributed by atoms with van der Waals surface area (Å²) in [6.45, 7) is 0. The maximum absolute atomic E-state index is 13.7. The van der Waals surface area contributed by atoms with Crippen LogP contribution >= 0.6 is 11.3 Å². The molecule has 0 unspecified atom stereocenters. The molecule has 0 radical (unpaired) electrons. The second-order valence-electron chi connectivity index (χ2n) is 7.16. The third kappa shape index (κ3) is 5.76. The van der Waals surface area contributed by atoms with Crippen LogP contribution in [0.15, 0.2) is 82.8 Å². The Morgan fingerprint density at radius 2 is 1.54 bits per heavy atom. The van der Waals surface area contributed by atoms with Gasteiger partial charge in [0.25, 0.3) is 17.7 Å². The van der Waals surface area contributed by atoms with Gasteiger partial charge in [-0.25, -0.2) is 0 Å². The zero-order chi connectivity index (χ0) is 25.0. The average molecular weight is 499 g/mol. The molecule has 2 aromatic carbocycles. The lowest BCUT2D eigenvalue weighted by atomic mass is 10.1. The molecule has 4 aromatic rings. The minimum Gasteiger partial charge on any atom is -0.459 e. The fourth-order valence-corrected chi connectivity index (χ4v) is 3.72. The van der Waals surface area contributed by atoms with Crippen molar-refractivity contribution in [3.05, 3.63) is 100 Å². The molecule has 0 saturated carbocycles. The van der Waals surface area contributed by atoms with E-state index in [1.54, 1.807) is 23.6 Å². The summed E-state index contributed by atoms with van der Waals surface area (Å²) >= 11 is 1.24. The summed E-state index contributed by atoms with van der Waals surface area (Å²) in [5, 5.41) is 8.95. The first-order chi connectivity index (χ1) is 16.7. The third-order valence-electron chi connectivity index (χ3n) is 4.70. The van der Waals surface area contributed by atoms with Crippen LogP contribution in [0, 0.1) is 0 Å². The maximum Gasteiger partial charge on any atom is 0.418 e. The van der Waals surface area contributed by atoms with Crippen molar-refractivity contribution in [2.24, 2.45) is 0 Å². The fraction of sp³-hybridized carbons (Fsp3) is 0.0417. The molecule has 0 aliphatic carbocycles. The van der Waals surface area contributed by atoms with Crippen LogP contribution in [0.2, 0.25) is 0 Å². The van der Waals surface area contributed by atoms with Gasteiger partial charge in [0, 0.05) is 16.9 Å². The van der Waals surface area contributed by atoms with Crippen LogP contribution in [0.3, 0.4) is 0 Å². The Balaban J connectivity index is 1.52. The van der Waals surface area contributed by atoms with E-state index in [1.807, 2.05) is 0 Å². The highest BCUT2D eigenvalue weighted by Crippen LogP contribution is 2.37. The van der Waals surface area contributed by atoms with Gasteiger partial charge < -0.3 is 20.4 Å². The number of nitrogens with one attached hydrogen (secondary N) is 3. The van der Waals surface area contributed by atoms with E-state index in [0.717, 1.165) is 6.07 Å². The van der Waals surface area contributed by atoms with Crippen LogP contribution in [0.4, 0.5) is 30.2 Å². The van der Waals surface area contributed by atoms with Gasteiger partial charge in [0.05, 0.1) is 22.4 Å². The largest absolute Gasteiger partial charge is 0.459 e. The first-order valence-electron chi connectivity index (χ1n) is 10.0. The standard InChI is InChI=1S/C24H16F3N3O4S/c25-24(26,27)17-13-16(28-22(32)19-6-2-10-34-19)8-9-18(17)30-21(31)14-4-1-5-15(12-14)29-23(33)20-7-3-11-35-20/h1-13H,(H,28,32)(H,29,33)(H,30,31). The monoisotopic (exact) mass is 499 g/mol. The van der Waals surface area contributed by atoms with E-state index in [0.29, 0.717) is 16.6 Å². The van der Waals surface area contributed by atoms with E-state index >= 15 is 0 Å². The third-order valence-corrected chi connectivity index (χ3v) is 5.57. The van der Waals surface area contributed by atoms with Crippen molar-refractivity contribution < 1.29 is 32.0 Å². The van der Waals surface area contributed by atoms with Crippen LogP contribution in [0.25, 0.3) is 0 Å². The highest BCUT2D eigenvalue weighted by atomic mass is 32.1. The normalized spacial score (nSPS) is 11.1. The molecule has 0 saturated heterocycles. The number of halogens is 3. The van der Waals surface area contributed by atoms with Crippen molar-refractivity contribution in [1.29, 1.82) is 0 Å². The molecule has 0 fully saturated rings. The lowest BCUT2D eigenvalue weighted by Gasteiger charge is -2.16. The molecule has 0 aliphatic rings. The van der Waals surface area contributed by atoms with Crippen molar-refractivity contribution >= 4 is 46.1 Å². The van der Waals surface area contributed by atoms with E-state index in [4.69, 9.17) is 4.42 Å². The highest BCUT2D eigenvalue weighted by molar-refractivity contribution is 7.12. The SMILES string of the molecule is O=C(Nc1ccc(NC(=O)c2ccco2)cc1C(F)(F)F)c1cccc(NC(=O)c2cccs2)c1. The highest BCUT2D eigenvalue weighted by Gasteiger charge is 2.34. The number of alkyl halides is 3. The first-order valence-corrected chi connectivity index (χ1v) is 10.9. The van der Waals surface area contributed by atoms with Crippen molar-refractivity contribution in [2.75, 3.05) is 16.0 Å². The van der Waals surface area contributed by atoms with Crippen LogP contribution in [0.5, 0.6) is 0 Å². The Kier molecular flexibility index (Phi) is 6.69. The van der Waals surface area contributed by atoms with E-state index in [1.165, 1.54) is 54.0 Å². The second kappa shape index (κ2) is 9.85. The van der Waals surface area contributed by atoms with Gasteiger partial charge >= 0.3 is 6.18 Å². The number of carbonyl (C=O) groups is 3. The number of amides is 3. The predicted octanol–water partition coefficient (Wildman–Crippen LogP) is 6.12. The molecule has 4 rings (SSSR count). The fourth-order valence-electron chi connectivity index (χ4n) is 3.10. The number of anilines is 3. The number of furan rings is 1. The number of thiophene rings is 1. The van der Waals surface area contributed by atoms with E-state index in [-0.39, 0.29) is 22.9 Å². The van der Waals surface area contributed by atoms with Crippen LogP contribution < -0.4 is 16.0 Å². The summed E-state index contributed by atoms with van der Waals surface area (Å²) in [6, 6.07) is 15.0. The van der Waals surface area contributed by atoms with Gasteiger partial charge in [-0.3, -0.25) is 14.4 Å². The lowest BCUT2D eigenvalue weighted by molar-refractivity contribution is -0.136. The number of rotatable bonds is 6. The van der Waals surface area contributed by atoms with Gasteiger partial charge in [-0.2, -0.15) is 13.2 Å². The molecule has 3 amide bonds. The first kappa shape index (κ1) is 23.8. The van der Waals surface area contributed by atoms with Crippen molar-refractivity contribution in [3.63, 3.8) is 0 Å². The van der Waals surface area contributed by atoms with Gasteiger partial charge in [0.2, 0.25) is 0 Å². The zero-order valence-corrected chi connectivity index (χ0v) is 18.5. The molecule has 11 heteroatoms. The molecule has 178 valence electrons. The molecule has 0 bridgehead atoms. The van der Waals surface area contributed by atoms with Crippen molar-refractivity contribution in [1.82, 2.24) is 0 Å². The van der Waals surface area contributed by atoms with Crippen LogP contribution in [-0.4, -0.2) is 17.7 Å². The molecule has 0 aliphatic heterocycles. The molecule has 0 atom stereocenters. The van der Waals surface area contributed by atoms with Gasteiger partial charge in [0.1, 0.15) is 0 Å². The Labute approximate surface area is 200 Å².